The topological polar surface area (TPSA) is 153 Å². The molecule has 0 aromatic heterocycles. The van der Waals surface area contributed by atoms with E-state index in [0.29, 0.717) is 0 Å². The number of carboxylic acids is 2. The van der Waals surface area contributed by atoms with Gasteiger partial charge in [-0.05, 0) is 60.4 Å². The Morgan fingerprint density at radius 2 is 1.24 bits per heavy atom. The van der Waals surface area contributed by atoms with Crippen molar-refractivity contribution in [1.29, 1.82) is 0 Å². The maximum atomic E-state index is 10.3. The van der Waals surface area contributed by atoms with Gasteiger partial charge in [-0.15, -0.1) is 0 Å². The summed E-state index contributed by atoms with van der Waals surface area (Å²) in [5.41, 5.74) is 1.60. The third kappa shape index (κ3) is 37.7. The summed E-state index contributed by atoms with van der Waals surface area (Å²) in [7, 11) is 0. The van der Waals surface area contributed by atoms with Crippen LogP contribution in [0.25, 0.3) is 12.2 Å². The molecule has 0 unspecified atom stereocenters. The number of benzene rings is 2. The average Bonchev–Trinajstić information content (AvgIpc) is 2.94. The summed E-state index contributed by atoms with van der Waals surface area (Å²) in [5.74, 6) is -0.927. The third-order valence-electron chi connectivity index (χ3n) is 4.40. The van der Waals surface area contributed by atoms with Crippen LogP contribution in [-0.2, 0) is 19.3 Å². The number of aliphatic carboxylic acids is 2. The minimum absolute atomic E-state index is 0. The van der Waals surface area contributed by atoms with Crippen molar-refractivity contribution in [2.24, 2.45) is 0 Å². The van der Waals surface area contributed by atoms with Crippen LogP contribution < -0.4 is 113 Å². The van der Waals surface area contributed by atoms with E-state index >= 15 is 0 Å². The number of alkyl halides is 1. The van der Waals surface area contributed by atoms with Gasteiger partial charge in [0.25, 0.3) is 6.47 Å². The van der Waals surface area contributed by atoms with Crippen LogP contribution in [0.4, 0.5) is 0 Å². The van der Waals surface area contributed by atoms with E-state index in [1.54, 1.807) is 18.2 Å². The van der Waals surface area contributed by atoms with Gasteiger partial charge >= 0.3 is 115 Å². The zero-order chi connectivity index (χ0) is 29.7. The van der Waals surface area contributed by atoms with Crippen LogP contribution in [0, 0.1) is 0 Å². The molecule has 2 aromatic carbocycles. The number of carbonyl (C=O) groups excluding carboxylic acids is 1. The standard InChI is InChI=1S/C14H18O3.C9H8O3.C5H11Br.CH2O3.CH4.2K.H/c1-2-3-4-11-17-13-8-5-12(6-9-13)7-10-14(15)16;10-8-4-1-7(2-5-8)3-6-9(11)12;1-2-3-4-5-6;2-1-4-3;;;;/h5-10H,2-4,11H2,1H3,(H,15,16);1-6,10H,(H,11,12);2-5H2,1H3;1,3H;1H4;;;/q;;;;;2*+1;-1/p-1. The van der Waals surface area contributed by atoms with E-state index in [2.05, 4.69) is 34.7 Å². The molecule has 0 spiro atoms. The Morgan fingerprint density at radius 1 is 0.833 bits per heavy atom. The maximum absolute atomic E-state index is 10.3. The molecule has 0 bridgehead atoms. The molecule has 0 amide bonds. The fraction of sp³-hybridized carbons (Fsp3) is 0.367. The molecule has 3 N–H and O–H groups in total. The summed E-state index contributed by atoms with van der Waals surface area (Å²) in [5, 5.41) is 35.3. The molecule has 12 heteroatoms. The molecule has 0 fully saturated rings. The molecule has 0 heterocycles. The number of ether oxygens (including phenoxy) is 1. The Bertz CT molecular complexity index is 955. The second-order valence-electron chi connectivity index (χ2n) is 7.65. The Morgan fingerprint density at radius 3 is 1.57 bits per heavy atom. The van der Waals surface area contributed by atoms with Gasteiger partial charge < -0.3 is 31.6 Å². The average molecular weight is 706 g/mol. The van der Waals surface area contributed by atoms with Gasteiger partial charge in [0, 0.05) is 17.5 Å². The largest absolute Gasteiger partial charge is 1.00 e. The van der Waals surface area contributed by atoms with Crippen LogP contribution in [0.2, 0.25) is 0 Å². The zero-order valence-corrected chi connectivity index (χ0v) is 32.2. The van der Waals surface area contributed by atoms with Gasteiger partial charge in [-0.25, -0.2) is 9.59 Å². The van der Waals surface area contributed by atoms with Crippen molar-refractivity contribution >= 4 is 46.5 Å². The van der Waals surface area contributed by atoms with Crippen LogP contribution >= 0.6 is 15.9 Å². The van der Waals surface area contributed by atoms with E-state index in [-0.39, 0.29) is 124 Å². The summed E-state index contributed by atoms with van der Waals surface area (Å²) < 4.78 is 5.55. The number of phenols is 1. The minimum Gasteiger partial charge on any atom is -1.00 e. The van der Waals surface area contributed by atoms with Crippen LogP contribution in [0.3, 0.4) is 0 Å². The summed E-state index contributed by atoms with van der Waals surface area (Å²) in [6.45, 7) is 4.92. The maximum Gasteiger partial charge on any atom is 1.00 e. The van der Waals surface area contributed by atoms with Crippen molar-refractivity contribution in [3.8, 4) is 11.5 Å². The van der Waals surface area contributed by atoms with E-state index in [9.17, 15) is 9.59 Å². The molecule has 0 saturated carbocycles. The summed E-state index contributed by atoms with van der Waals surface area (Å²) in [6.07, 6.45) is 12.6. The molecule has 42 heavy (non-hydrogen) atoms. The number of halogens is 1. The SMILES string of the molecule is C.CCCCCBr.CCCCCOc1ccc(C=CC(=O)O)cc1.O=C(O)C=Cc1ccc(O)cc1.O=CO[O-].[H-].[K+].[K+]. The zero-order valence-electron chi connectivity index (χ0n) is 25.3. The number of hydrogen-bond donors (Lipinski definition) is 3. The quantitative estimate of drug-likeness (QED) is 0.0518. The summed E-state index contributed by atoms with van der Waals surface area (Å²) in [4.78, 5) is 31.7. The van der Waals surface area contributed by atoms with Crippen molar-refractivity contribution in [2.45, 2.75) is 59.8 Å². The van der Waals surface area contributed by atoms with Crippen molar-refractivity contribution in [2.75, 3.05) is 11.9 Å². The third-order valence-corrected chi connectivity index (χ3v) is 4.96. The first-order chi connectivity index (χ1) is 18.7. The first-order valence-corrected chi connectivity index (χ1v) is 13.5. The van der Waals surface area contributed by atoms with Crippen molar-refractivity contribution in [1.82, 2.24) is 0 Å². The van der Waals surface area contributed by atoms with E-state index in [1.807, 2.05) is 24.3 Å². The molecule has 0 atom stereocenters. The Hall–Kier alpha value is -0.357. The molecule has 0 saturated heterocycles. The molecule has 0 aliphatic carbocycles. The van der Waals surface area contributed by atoms with E-state index in [1.165, 1.54) is 55.6 Å². The second-order valence-corrected chi connectivity index (χ2v) is 8.44. The molecule has 0 radical (unpaired) electrons. The first kappa shape index (κ1) is 51.2. The van der Waals surface area contributed by atoms with Crippen molar-refractivity contribution < 1.29 is 149 Å². The van der Waals surface area contributed by atoms with E-state index < -0.39 is 11.9 Å². The molecule has 2 aromatic rings. The molecule has 0 aliphatic rings. The fourth-order valence-corrected chi connectivity index (χ4v) is 2.88. The Balaban J connectivity index is -0.000000116. The number of hydrogen-bond acceptors (Lipinski definition) is 7. The predicted octanol–water partition coefficient (Wildman–Crippen LogP) is 0.606. The van der Waals surface area contributed by atoms with Gasteiger partial charge in [0.2, 0.25) is 0 Å². The summed E-state index contributed by atoms with van der Waals surface area (Å²) >= 11 is 3.35. The van der Waals surface area contributed by atoms with Crippen LogP contribution in [0.1, 0.15) is 72.4 Å². The predicted molar refractivity (Wildman–Crippen MR) is 161 cm³/mol. The molecule has 226 valence electrons. The van der Waals surface area contributed by atoms with Crippen LogP contribution in [-0.4, -0.2) is 45.7 Å². The number of carboxylic acid groups (broad SMARTS) is 2. The van der Waals surface area contributed by atoms with Gasteiger partial charge in [0.05, 0.1) is 6.61 Å². The van der Waals surface area contributed by atoms with E-state index in [0.717, 1.165) is 42.1 Å². The monoisotopic (exact) mass is 704 g/mol. The van der Waals surface area contributed by atoms with Crippen LogP contribution in [0.15, 0.2) is 60.7 Å². The van der Waals surface area contributed by atoms with Crippen molar-refractivity contribution in [3.05, 3.63) is 71.8 Å². The molecular formula is C30H43BrK2O9. The minimum atomic E-state index is -0.983. The number of unbranched alkanes of at least 4 members (excludes halogenated alkanes) is 4. The Labute approximate surface area is 345 Å². The number of rotatable bonds is 13. The number of aromatic hydroxyl groups is 1. The number of phenolic OH excluding ortho intramolecular Hbond substituents is 1. The van der Waals surface area contributed by atoms with Gasteiger partial charge in [-0.2, -0.15) is 0 Å². The summed E-state index contributed by atoms with van der Waals surface area (Å²) in [6, 6.07) is 13.7. The molecular weight excluding hydrogens is 662 g/mol. The normalized spacial score (nSPS) is 9.05. The van der Waals surface area contributed by atoms with Gasteiger partial charge in [-0.1, -0.05) is 87.2 Å². The smallest absolute Gasteiger partial charge is 1.00 e. The fourth-order valence-electron chi connectivity index (χ4n) is 2.48. The first-order valence-electron chi connectivity index (χ1n) is 12.4. The molecule has 9 nitrogen and oxygen atoms in total. The second kappa shape index (κ2) is 38.7. The Kier molecular flexibility index (Phi) is 47.2. The molecule has 0 aliphatic heterocycles. The van der Waals surface area contributed by atoms with Crippen LogP contribution in [0.5, 0.6) is 11.5 Å². The van der Waals surface area contributed by atoms with Gasteiger partial charge in [0.15, 0.2) is 0 Å². The van der Waals surface area contributed by atoms with Gasteiger partial charge in [-0.3, -0.25) is 4.79 Å². The van der Waals surface area contributed by atoms with E-state index in [4.69, 9.17) is 30.1 Å². The number of carbonyl (C=O) groups is 3. The molecule has 2 rings (SSSR count). The van der Waals surface area contributed by atoms with Gasteiger partial charge in [0.1, 0.15) is 11.5 Å². The van der Waals surface area contributed by atoms with Crippen molar-refractivity contribution in [3.63, 3.8) is 0 Å².